The van der Waals surface area contributed by atoms with Crippen LogP contribution in [0, 0.1) is 0 Å². The number of halogens is 3. The van der Waals surface area contributed by atoms with E-state index >= 15 is 0 Å². The van der Waals surface area contributed by atoms with Crippen molar-refractivity contribution in [3.05, 3.63) is 35.4 Å². The minimum absolute atomic E-state index is 0.0539. The van der Waals surface area contributed by atoms with Crippen LogP contribution >= 0.6 is 0 Å². The summed E-state index contributed by atoms with van der Waals surface area (Å²) < 4.78 is 45.6. The van der Waals surface area contributed by atoms with Crippen molar-refractivity contribution < 1.29 is 32.2 Å². The molecule has 176 valence electrons. The second-order valence-electron chi connectivity index (χ2n) is 7.79. The summed E-state index contributed by atoms with van der Waals surface area (Å²) in [6.07, 6.45) is 10.1. The predicted octanol–water partition coefficient (Wildman–Crippen LogP) is 7.26. The lowest BCUT2D eigenvalue weighted by atomic mass is 10.1. The number of hydrogen-bond donors (Lipinski definition) is 0. The van der Waals surface area contributed by atoms with Crippen LogP contribution in [0.5, 0.6) is 0 Å². The number of carbonyl (C=O) groups excluding carboxylic acids is 2. The Morgan fingerprint density at radius 2 is 1.06 bits per heavy atom. The standard InChI is InChI=1S/C24H35F3O4/c1-2-3-4-5-6-7-8-9-10-11-12-13-18-30-22(28)20-14-16-21(17-15-20)23(29)31-19-24(25,26)27/h14-17H,2-13,18-19H2,1H3. The highest BCUT2D eigenvalue weighted by Gasteiger charge is 2.29. The second-order valence-corrected chi connectivity index (χ2v) is 7.79. The third-order valence-corrected chi connectivity index (χ3v) is 4.95. The Bertz CT molecular complexity index is 627. The minimum atomic E-state index is -4.58. The maximum atomic E-state index is 12.1. The molecule has 0 bridgehead atoms. The monoisotopic (exact) mass is 444 g/mol. The molecule has 0 heterocycles. The average molecular weight is 445 g/mol. The summed E-state index contributed by atoms with van der Waals surface area (Å²) in [5, 5.41) is 0. The lowest BCUT2D eigenvalue weighted by Gasteiger charge is -2.08. The van der Waals surface area contributed by atoms with E-state index in [0.29, 0.717) is 6.61 Å². The van der Waals surface area contributed by atoms with Gasteiger partial charge in [-0.05, 0) is 30.7 Å². The molecule has 0 radical (unpaired) electrons. The molecule has 0 fully saturated rings. The fourth-order valence-electron chi connectivity index (χ4n) is 3.16. The summed E-state index contributed by atoms with van der Waals surface area (Å²) in [7, 11) is 0. The Hall–Kier alpha value is -2.05. The molecule has 4 nitrogen and oxygen atoms in total. The Morgan fingerprint density at radius 3 is 1.48 bits per heavy atom. The van der Waals surface area contributed by atoms with E-state index in [-0.39, 0.29) is 11.1 Å². The van der Waals surface area contributed by atoms with Crippen LogP contribution < -0.4 is 0 Å². The van der Waals surface area contributed by atoms with Gasteiger partial charge in [0, 0.05) is 0 Å². The first-order valence-corrected chi connectivity index (χ1v) is 11.3. The van der Waals surface area contributed by atoms with Crippen LogP contribution in [-0.2, 0) is 9.47 Å². The number of rotatable bonds is 16. The highest BCUT2D eigenvalue weighted by molar-refractivity contribution is 5.93. The smallest absolute Gasteiger partial charge is 0.422 e. The lowest BCUT2D eigenvalue weighted by Crippen LogP contribution is -2.20. The summed E-state index contributed by atoms with van der Waals surface area (Å²) >= 11 is 0. The molecule has 1 aromatic rings. The summed E-state index contributed by atoms with van der Waals surface area (Å²) in [5.74, 6) is -1.60. The molecule has 0 saturated heterocycles. The molecule has 0 N–H and O–H groups in total. The van der Waals surface area contributed by atoms with E-state index in [1.54, 1.807) is 0 Å². The van der Waals surface area contributed by atoms with Gasteiger partial charge in [0.25, 0.3) is 0 Å². The molecular weight excluding hydrogens is 409 g/mol. The van der Waals surface area contributed by atoms with E-state index < -0.39 is 24.7 Å². The van der Waals surface area contributed by atoms with Crippen LogP contribution in [0.1, 0.15) is 105 Å². The number of unbranched alkanes of at least 4 members (excludes halogenated alkanes) is 11. The van der Waals surface area contributed by atoms with Gasteiger partial charge in [-0.15, -0.1) is 0 Å². The molecule has 31 heavy (non-hydrogen) atoms. The van der Waals surface area contributed by atoms with Gasteiger partial charge in [0.05, 0.1) is 17.7 Å². The van der Waals surface area contributed by atoms with Crippen molar-refractivity contribution in [1.29, 1.82) is 0 Å². The topological polar surface area (TPSA) is 52.6 Å². The van der Waals surface area contributed by atoms with Crippen molar-refractivity contribution in [3.63, 3.8) is 0 Å². The Balaban J connectivity index is 2.09. The van der Waals surface area contributed by atoms with E-state index in [1.807, 2.05) is 0 Å². The zero-order chi connectivity index (χ0) is 23.0. The van der Waals surface area contributed by atoms with E-state index in [2.05, 4.69) is 11.7 Å². The van der Waals surface area contributed by atoms with E-state index in [0.717, 1.165) is 19.3 Å². The molecule has 0 aliphatic carbocycles. The molecule has 7 heteroatoms. The predicted molar refractivity (Wildman–Crippen MR) is 114 cm³/mol. The lowest BCUT2D eigenvalue weighted by molar-refractivity contribution is -0.161. The van der Waals surface area contributed by atoms with Gasteiger partial charge in [0.2, 0.25) is 0 Å². The van der Waals surface area contributed by atoms with E-state index in [1.165, 1.54) is 82.1 Å². The highest BCUT2D eigenvalue weighted by atomic mass is 19.4. The SMILES string of the molecule is CCCCCCCCCCCCCCOC(=O)c1ccc(C(=O)OCC(F)(F)F)cc1. The van der Waals surface area contributed by atoms with Gasteiger partial charge < -0.3 is 9.47 Å². The van der Waals surface area contributed by atoms with E-state index in [9.17, 15) is 22.8 Å². The number of benzene rings is 1. The molecule has 0 unspecified atom stereocenters. The third-order valence-electron chi connectivity index (χ3n) is 4.95. The molecule has 1 rings (SSSR count). The first kappa shape index (κ1) is 27.0. The second kappa shape index (κ2) is 15.7. The number of ether oxygens (including phenoxy) is 2. The molecule has 0 saturated carbocycles. The maximum absolute atomic E-state index is 12.1. The molecule has 0 spiro atoms. The molecule has 0 amide bonds. The van der Waals surface area contributed by atoms with E-state index in [4.69, 9.17) is 4.74 Å². The molecule has 0 aromatic heterocycles. The zero-order valence-electron chi connectivity index (χ0n) is 18.5. The highest BCUT2D eigenvalue weighted by Crippen LogP contribution is 2.16. The van der Waals surface area contributed by atoms with Crippen molar-refractivity contribution >= 4 is 11.9 Å². The Labute approximate surface area is 183 Å². The van der Waals surface area contributed by atoms with Crippen molar-refractivity contribution in [1.82, 2.24) is 0 Å². The first-order chi connectivity index (χ1) is 14.8. The number of carbonyl (C=O) groups is 2. The molecule has 1 aromatic carbocycles. The summed E-state index contributed by atoms with van der Waals surface area (Å²) in [5.41, 5.74) is 0.188. The van der Waals surface area contributed by atoms with Crippen LogP contribution in [0.4, 0.5) is 13.2 Å². The van der Waals surface area contributed by atoms with Crippen LogP contribution in [0.2, 0.25) is 0 Å². The summed E-state index contributed by atoms with van der Waals surface area (Å²) in [4.78, 5) is 23.5. The molecule has 0 atom stereocenters. The van der Waals surface area contributed by atoms with Gasteiger partial charge in [-0.3, -0.25) is 0 Å². The van der Waals surface area contributed by atoms with Gasteiger partial charge in [0.15, 0.2) is 6.61 Å². The fourth-order valence-corrected chi connectivity index (χ4v) is 3.16. The summed E-state index contributed by atoms with van der Waals surface area (Å²) in [6, 6.07) is 5.18. The van der Waals surface area contributed by atoms with Crippen LogP contribution in [0.15, 0.2) is 24.3 Å². The molecule has 0 aliphatic rings. The van der Waals surface area contributed by atoms with Gasteiger partial charge in [-0.2, -0.15) is 13.2 Å². The largest absolute Gasteiger partial charge is 0.462 e. The van der Waals surface area contributed by atoms with Crippen LogP contribution in [0.25, 0.3) is 0 Å². The minimum Gasteiger partial charge on any atom is -0.462 e. The number of alkyl halides is 3. The van der Waals surface area contributed by atoms with Gasteiger partial charge in [-0.25, -0.2) is 9.59 Å². The van der Waals surface area contributed by atoms with Crippen LogP contribution in [-0.4, -0.2) is 31.3 Å². The first-order valence-electron chi connectivity index (χ1n) is 11.3. The molecular formula is C24H35F3O4. The third kappa shape index (κ3) is 13.8. The van der Waals surface area contributed by atoms with Crippen molar-refractivity contribution in [2.75, 3.05) is 13.2 Å². The average Bonchev–Trinajstić information content (AvgIpc) is 2.74. The number of esters is 2. The fraction of sp³-hybridized carbons (Fsp3) is 0.667. The van der Waals surface area contributed by atoms with Crippen molar-refractivity contribution in [3.8, 4) is 0 Å². The Morgan fingerprint density at radius 1 is 0.677 bits per heavy atom. The Kier molecular flexibility index (Phi) is 13.7. The maximum Gasteiger partial charge on any atom is 0.422 e. The van der Waals surface area contributed by atoms with Crippen LogP contribution in [0.3, 0.4) is 0 Å². The molecule has 0 aliphatic heterocycles. The van der Waals surface area contributed by atoms with Crippen molar-refractivity contribution in [2.45, 2.75) is 90.1 Å². The summed E-state index contributed by atoms with van der Waals surface area (Å²) in [6.45, 7) is 0.909. The van der Waals surface area contributed by atoms with Gasteiger partial charge in [-0.1, -0.05) is 77.6 Å². The van der Waals surface area contributed by atoms with Crippen molar-refractivity contribution in [2.24, 2.45) is 0 Å². The normalized spacial score (nSPS) is 11.4. The zero-order valence-corrected chi connectivity index (χ0v) is 18.5. The van der Waals surface area contributed by atoms with Gasteiger partial charge in [0.1, 0.15) is 0 Å². The number of hydrogen-bond acceptors (Lipinski definition) is 4. The quantitative estimate of drug-likeness (QED) is 0.199. The van der Waals surface area contributed by atoms with Gasteiger partial charge >= 0.3 is 18.1 Å².